The average molecular weight is 509 g/mol. The van der Waals surface area contributed by atoms with Crippen LogP contribution in [0.1, 0.15) is 56.2 Å². The van der Waals surface area contributed by atoms with Gasteiger partial charge < -0.3 is 0 Å². The number of carbonyl (C=O) groups is 1. The Bertz CT molecular complexity index is 1260. The Morgan fingerprint density at radius 1 is 1.17 bits per heavy atom. The number of nitrogens with one attached hydrogen (secondary N) is 1. The van der Waals surface area contributed by atoms with E-state index in [4.69, 9.17) is 4.84 Å². The first-order chi connectivity index (χ1) is 17.2. The largest absolute Gasteiger partial charge is 0.296 e. The Labute approximate surface area is 214 Å². The third-order valence-electron chi connectivity index (χ3n) is 9.09. The van der Waals surface area contributed by atoms with Crippen molar-refractivity contribution in [3.63, 3.8) is 0 Å². The summed E-state index contributed by atoms with van der Waals surface area (Å²) in [5.74, 6) is 0.106. The topological polar surface area (TPSA) is 75.7 Å². The molecule has 2 aromatic carbocycles. The predicted molar refractivity (Wildman–Crippen MR) is 141 cm³/mol. The van der Waals surface area contributed by atoms with E-state index in [1.54, 1.807) is 0 Å². The van der Waals surface area contributed by atoms with Crippen molar-refractivity contribution in [2.75, 3.05) is 5.75 Å². The summed E-state index contributed by atoms with van der Waals surface area (Å²) in [6, 6.07) is 16.6. The minimum absolute atomic E-state index is 0.0660. The number of sulfonamides is 1. The molecule has 2 aromatic rings. The highest BCUT2D eigenvalue weighted by Gasteiger charge is 2.72. The van der Waals surface area contributed by atoms with E-state index in [1.165, 1.54) is 4.31 Å². The van der Waals surface area contributed by atoms with Gasteiger partial charge in [-0.05, 0) is 60.6 Å². The molecular weight excluding hydrogens is 472 g/mol. The van der Waals surface area contributed by atoms with E-state index in [0.29, 0.717) is 12.3 Å². The zero-order valence-corrected chi connectivity index (χ0v) is 22.1. The Morgan fingerprint density at radius 2 is 1.89 bits per heavy atom. The standard InChI is InChI=1S/C29H36N2O4S/c1-21-10-7-8-13-23(21)14-9-15-25(30-35-19-22-11-5-4-6-12-22)27(32)31-26-18-24-16-17-29(26,28(24,2)3)20-36(31,33)34/h4-14,24-26,30H,15-20H2,1-3H3/b14-9+/t24-,25+,26-,29-/m1/s1. The van der Waals surface area contributed by atoms with Gasteiger partial charge >= 0.3 is 0 Å². The van der Waals surface area contributed by atoms with Gasteiger partial charge in [-0.1, -0.05) is 80.6 Å². The Kier molecular flexibility index (Phi) is 6.60. The van der Waals surface area contributed by atoms with Crippen LogP contribution in [0.25, 0.3) is 6.08 Å². The molecular formula is C29H36N2O4S. The van der Waals surface area contributed by atoms with Crippen LogP contribution in [-0.4, -0.2) is 36.5 Å². The third kappa shape index (κ3) is 4.21. The van der Waals surface area contributed by atoms with Gasteiger partial charge in [0, 0.05) is 5.41 Å². The lowest BCUT2D eigenvalue weighted by Gasteiger charge is -2.37. The maximum atomic E-state index is 13.9. The molecule has 2 aliphatic carbocycles. The monoisotopic (exact) mass is 508 g/mol. The molecule has 1 aliphatic heterocycles. The highest BCUT2D eigenvalue weighted by Crippen LogP contribution is 2.70. The minimum atomic E-state index is -3.70. The second kappa shape index (κ2) is 9.43. The summed E-state index contributed by atoms with van der Waals surface area (Å²) in [5, 5.41) is 0. The van der Waals surface area contributed by atoms with Crippen LogP contribution < -0.4 is 5.48 Å². The number of hydrogen-bond acceptors (Lipinski definition) is 5. The van der Waals surface area contributed by atoms with Gasteiger partial charge in [0.15, 0.2) is 0 Å². The van der Waals surface area contributed by atoms with Gasteiger partial charge in [0.2, 0.25) is 10.0 Å². The molecule has 5 rings (SSSR count). The highest BCUT2D eigenvalue weighted by atomic mass is 32.2. The number of benzene rings is 2. The van der Waals surface area contributed by atoms with Crippen LogP contribution in [0.15, 0.2) is 60.7 Å². The van der Waals surface area contributed by atoms with Crippen LogP contribution in [0, 0.1) is 23.7 Å². The Morgan fingerprint density at radius 3 is 2.61 bits per heavy atom. The Balaban J connectivity index is 1.38. The summed E-state index contributed by atoms with van der Waals surface area (Å²) < 4.78 is 28.1. The number of rotatable bonds is 8. The number of nitrogens with zero attached hydrogens (tertiary/aromatic N) is 1. The molecule has 1 heterocycles. The van der Waals surface area contributed by atoms with Gasteiger partial charge in [-0.2, -0.15) is 5.48 Å². The molecule has 0 aromatic heterocycles. The van der Waals surface area contributed by atoms with E-state index >= 15 is 0 Å². The van der Waals surface area contributed by atoms with Crippen molar-refractivity contribution in [3.05, 3.63) is 77.4 Å². The molecule has 0 unspecified atom stereocenters. The first-order valence-corrected chi connectivity index (χ1v) is 14.5. The molecule has 0 radical (unpaired) electrons. The van der Waals surface area contributed by atoms with Crippen LogP contribution in [0.4, 0.5) is 0 Å². The number of fused-ring (bicyclic) bond motifs is 1. The zero-order valence-electron chi connectivity index (χ0n) is 21.3. The number of carbonyl (C=O) groups excluding carboxylic acids is 1. The van der Waals surface area contributed by atoms with E-state index in [0.717, 1.165) is 36.0 Å². The summed E-state index contributed by atoms with van der Waals surface area (Å²) in [5.41, 5.74) is 5.65. The molecule has 7 heteroatoms. The third-order valence-corrected chi connectivity index (χ3v) is 11.0. The van der Waals surface area contributed by atoms with Crippen LogP contribution in [0.5, 0.6) is 0 Å². The fourth-order valence-corrected chi connectivity index (χ4v) is 9.41. The number of hydroxylamine groups is 1. The predicted octanol–water partition coefficient (Wildman–Crippen LogP) is 4.86. The summed E-state index contributed by atoms with van der Waals surface area (Å²) >= 11 is 0. The fourth-order valence-electron chi connectivity index (χ4n) is 6.84. The molecule has 3 fully saturated rings. The maximum Gasteiger partial charge on any atom is 0.256 e. The molecule has 1 amide bonds. The van der Waals surface area contributed by atoms with Gasteiger partial charge in [-0.25, -0.2) is 12.7 Å². The van der Waals surface area contributed by atoms with Crippen molar-refractivity contribution in [2.45, 2.75) is 65.1 Å². The lowest BCUT2D eigenvalue weighted by atomic mass is 9.69. The van der Waals surface area contributed by atoms with E-state index < -0.39 is 22.0 Å². The molecule has 36 heavy (non-hydrogen) atoms. The molecule has 1 saturated heterocycles. The van der Waals surface area contributed by atoms with Gasteiger partial charge in [0.05, 0.1) is 18.4 Å². The summed E-state index contributed by atoms with van der Waals surface area (Å²) in [6.07, 6.45) is 6.90. The van der Waals surface area contributed by atoms with Crippen molar-refractivity contribution in [1.29, 1.82) is 0 Å². The molecule has 1 spiro atoms. The molecule has 3 aliphatic rings. The minimum Gasteiger partial charge on any atom is -0.296 e. The molecule has 6 nitrogen and oxygen atoms in total. The molecule has 192 valence electrons. The second-order valence-corrected chi connectivity index (χ2v) is 13.0. The van der Waals surface area contributed by atoms with Crippen molar-refractivity contribution >= 4 is 22.0 Å². The van der Waals surface area contributed by atoms with Crippen molar-refractivity contribution in [1.82, 2.24) is 9.79 Å². The zero-order chi connectivity index (χ0) is 25.6. The van der Waals surface area contributed by atoms with Crippen molar-refractivity contribution in [2.24, 2.45) is 16.7 Å². The van der Waals surface area contributed by atoms with E-state index in [1.807, 2.05) is 73.7 Å². The normalized spacial score (nSPS) is 28.5. The highest BCUT2D eigenvalue weighted by molar-refractivity contribution is 7.90. The lowest BCUT2D eigenvalue weighted by Crippen LogP contribution is -2.51. The van der Waals surface area contributed by atoms with Gasteiger partial charge in [-0.15, -0.1) is 0 Å². The molecule has 1 N–H and O–H groups in total. The maximum absolute atomic E-state index is 13.9. The van der Waals surface area contributed by atoms with Gasteiger partial charge in [0.1, 0.15) is 6.04 Å². The number of amides is 1. The smallest absolute Gasteiger partial charge is 0.256 e. The first kappa shape index (κ1) is 25.2. The number of hydrogen-bond donors (Lipinski definition) is 1. The van der Waals surface area contributed by atoms with Crippen molar-refractivity contribution < 1.29 is 18.0 Å². The molecule has 2 bridgehead atoms. The van der Waals surface area contributed by atoms with Crippen LogP contribution in [0.2, 0.25) is 0 Å². The van der Waals surface area contributed by atoms with E-state index in [9.17, 15) is 13.2 Å². The van der Waals surface area contributed by atoms with Crippen LogP contribution in [-0.2, 0) is 26.3 Å². The number of aryl methyl sites for hydroxylation is 1. The fraction of sp³-hybridized carbons (Fsp3) is 0.483. The lowest BCUT2D eigenvalue weighted by molar-refractivity contribution is -0.136. The summed E-state index contributed by atoms with van der Waals surface area (Å²) in [7, 11) is -3.70. The quantitative estimate of drug-likeness (QED) is 0.516. The van der Waals surface area contributed by atoms with E-state index in [2.05, 4.69) is 19.3 Å². The van der Waals surface area contributed by atoms with Crippen LogP contribution >= 0.6 is 0 Å². The Hall–Kier alpha value is -2.48. The summed E-state index contributed by atoms with van der Waals surface area (Å²) in [6.45, 7) is 6.70. The van der Waals surface area contributed by atoms with E-state index in [-0.39, 0.29) is 29.2 Å². The van der Waals surface area contributed by atoms with Gasteiger partial charge in [0.25, 0.3) is 5.91 Å². The molecule has 4 atom stereocenters. The summed E-state index contributed by atoms with van der Waals surface area (Å²) in [4.78, 5) is 19.7. The average Bonchev–Trinajstić information content (AvgIpc) is 3.32. The molecule has 2 saturated carbocycles. The SMILES string of the molecule is Cc1ccccc1/C=C/C[C@H](NOCc1ccccc1)C(=O)N1[C@@H]2C[C@H]3CC[C@]2(CS1(=O)=O)C3(C)C. The first-order valence-electron chi connectivity index (χ1n) is 12.8. The van der Waals surface area contributed by atoms with Crippen molar-refractivity contribution in [3.8, 4) is 0 Å². The second-order valence-electron chi connectivity index (χ2n) is 11.2. The van der Waals surface area contributed by atoms with Gasteiger partial charge in [-0.3, -0.25) is 9.63 Å². The van der Waals surface area contributed by atoms with Crippen LogP contribution in [0.3, 0.4) is 0 Å².